The number of nitrogens with one attached hydrogen (secondary N) is 1. The molecule has 242 valence electrons. The molecule has 0 bridgehead atoms. The Hall–Kier alpha value is -2.70. The molecule has 0 saturated carbocycles. The molecule has 7 N–H and O–H groups in total. The lowest BCUT2D eigenvalue weighted by atomic mass is 9.97. The molecule has 0 aromatic heterocycles. The fourth-order valence-electron chi connectivity index (χ4n) is 4.95. The highest BCUT2D eigenvalue weighted by atomic mass is 16.6. The number of hydrogen-bond acceptors (Lipinski definition) is 8. The van der Waals surface area contributed by atoms with Crippen LogP contribution in [-0.2, 0) is 28.6 Å². The van der Waals surface area contributed by atoms with E-state index in [0.717, 1.165) is 19.3 Å². The van der Waals surface area contributed by atoms with Gasteiger partial charge in [-0.25, -0.2) is 9.79 Å². The Morgan fingerprint density at radius 1 is 0.976 bits per heavy atom. The van der Waals surface area contributed by atoms with E-state index in [0.29, 0.717) is 6.42 Å². The number of aliphatic carboxylic acids is 1. The highest BCUT2D eigenvalue weighted by Gasteiger charge is 2.42. The van der Waals surface area contributed by atoms with Gasteiger partial charge in [-0.05, 0) is 13.3 Å². The average molecular weight is 599 g/mol. The predicted molar refractivity (Wildman–Crippen MR) is 160 cm³/mol. The van der Waals surface area contributed by atoms with E-state index in [-0.39, 0.29) is 36.8 Å². The normalized spacial score (nSPS) is 18.3. The number of aliphatic hydroxyl groups is 1. The molecule has 1 aliphatic rings. The molecule has 12 nitrogen and oxygen atoms in total. The molecule has 0 spiro atoms. The SMILES string of the molecule is CCCCCCCCCCCCCCCC(=O)OCC(O)C(OCC)C1O[C@H](C(=O)O)CC(N=C(N)N)=C1NC(C)=O. The molecule has 42 heavy (non-hydrogen) atoms. The molecule has 1 aliphatic heterocycles. The van der Waals surface area contributed by atoms with E-state index in [1.54, 1.807) is 6.92 Å². The maximum Gasteiger partial charge on any atom is 0.333 e. The molecule has 12 heteroatoms. The van der Waals surface area contributed by atoms with Crippen LogP contribution in [0.2, 0.25) is 0 Å². The van der Waals surface area contributed by atoms with Gasteiger partial charge in [-0.1, -0.05) is 84.0 Å². The number of aliphatic imine (C=N–C) groups is 1. The van der Waals surface area contributed by atoms with Crippen LogP contribution in [-0.4, -0.2) is 71.6 Å². The van der Waals surface area contributed by atoms with Crippen LogP contribution in [0.1, 0.15) is 117 Å². The Bertz CT molecular complexity index is 875. The van der Waals surface area contributed by atoms with Gasteiger partial charge in [0.2, 0.25) is 5.91 Å². The largest absolute Gasteiger partial charge is 0.479 e. The molecule has 0 saturated heterocycles. The van der Waals surface area contributed by atoms with Gasteiger partial charge < -0.3 is 41.2 Å². The van der Waals surface area contributed by atoms with E-state index in [1.165, 1.54) is 64.7 Å². The van der Waals surface area contributed by atoms with Gasteiger partial charge in [0.1, 0.15) is 24.9 Å². The second-order valence-electron chi connectivity index (χ2n) is 10.8. The Kier molecular flexibility index (Phi) is 19.5. The number of rotatable bonds is 23. The van der Waals surface area contributed by atoms with E-state index < -0.39 is 48.9 Å². The van der Waals surface area contributed by atoms with Crippen LogP contribution in [0, 0.1) is 0 Å². The van der Waals surface area contributed by atoms with Crippen molar-refractivity contribution in [1.29, 1.82) is 0 Å². The number of carbonyl (C=O) groups is 3. The van der Waals surface area contributed by atoms with Crippen molar-refractivity contribution in [3.8, 4) is 0 Å². The molecule has 0 aromatic carbocycles. The van der Waals surface area contributed by atoms with Crippen molar-refractivity contribution in [3.63, 3.8) is 0 Å². The first-order valence-electron chi connectivity index (χ1n) is 15.5. The number of carbonyl (C=O) groups excluding carboxylic acids is 2. The topological polar surface area (TPSA) is 196 Å². The van der Waals surface area contributed by atoms with Crippen LogP contribution in [0.25, 0.3) is 0 Å². The summed E-state index contributed by atoms with van der Waals surface area (Å²) in [6.07, 6.45) is 10.4. The van der Waals surface area contributed by atoms with Crippen molar-refractivity contribution in [2.24, 2.45) is 16.5 Å². The number of unbranched alkanes of at least 4 members (excludes halogenated alkanes) is 12. The highest BCUT2D eigenvalue weighted by molar-refractivity contribution is 5.79. The number of amides is 1. The number of nitrogens with zero attached hydrogens (tertiary/aromatic N) is 1. The quantitative estimate of drug-likeness (QED) is 0.0501. The van der Waals surface area contributed by atoms with Crippen molar-refractivity contribution in [2.45, 2.75) is 141 Å². The third kappa shape index (κ3) is 15.5. The summed E-state index contributed by atoms with van der Waals surface area (Å²) in [4.78, 5) is 40.0. The number of aliphatic hydroxyl groups excluding tert-OH is 1. The first kappa shape index (κ1) is 37.3. The van der Waals surface area contributed by atoms with Gasteiger partial charge >= 0.3 is 11.9 Å². The Morgan fingerprint density at radius 2 is 1.52 bits per heavy atom. The molecule has 0 radical (unpaired) electrons. The Morgan fingerprint density at radius 3 is 2.00 bits per heavy atom. The number of carboxylic acid groups (broad SMARTS) is 1. The average Bonchev–Trinajstić information content (AvgIpc) is 2.93. The van der Waals surface area contributed by atoms with E-state index in [9.17, 15) is 24.6 Å². The maximum absolute atomic E-state index is 12.3. The van der Waals surface area contributed by atoms with Gasteiger partial charge in [-0.3, -0.25) is 9.59 Å². The second-order valence-corrected chi connectivity index (χ2v) is 10.8. The van der Waals surface area contributed by atoms with Crippen LogP contribution in [0.3, 0.4) is 0 Å². The zero-order valence-corrected chi connectivity index (χ0v) is 25.8. The van der Waals surface area contributed by atoms with Crippen LogP contribution in [0.4, 0.5) is 0 Å². The molecule has 1 amide bonds. The van der Waals surface area contributed by atoms with E-state index in [2.05, 4.69) is 17.2 Å². The van der Waals surface area contributed by atoms with Crippen molar-refractivity contribution in [1.82, 2.24) is 5.32 Å². The van der Waals surface area contributed by atoms with Gasteiger partial charge in [0.05, 0.1) is 11.4 Å². The van der Waals surface area contributed by atoms with Crippen molar-refractivity contribution < 1.29 is 38.8 Å². The van der Waals surface area contributed by atoms with Gasteiger partial charge in [0, 0.05) is 26.4 Å². The van der Waals surface area contributed by atoms with Crippen LogP contribution < -0.4 is 16.8 Å². The summed E-state index contributed by atoms with van der Waals surface area (Å²) in [5.41, 5.74) is 11.2. The van der Waals surface area contributed by atoms with Gasteiger partial charge in [-0.15, -0.1) is 0 Å². The van der Waals surface area contributed by atoms with Crippen molar-refractivity contribution in [3.05, 3.63) is 11.4 Å². The molecule has 0 aliphatic carbocycles. The summed E-state index contributed by atoms with van der Waals surface area (Å²) in [5.74, 6) is -2.55. The smallest absolute Gasteiger partial charge is 0.333 e. The number of ether oxygens (including phenoxy) is 3. The van der Waals surface area contributed by atoms with Gasteiger partial charge in [0.15, 0.2) is 12.1 Å². The third-order valence-corrected chi connectivity index (χ3v) is 7.07. The highest BCUT2D eigenvalue weighted by Crippen LogP contribution is 2.30. The molecular weight excluding hydrogens is 544 g/mol. The summed E-state index contributed by atoms with van der Waals surface area (Å²) < 4.78 is 16.7. The van der Waals surface area contributed by atoms with Gasteiger partial charge in [0.25, 0.3) is 0 Å². The van der Waals surface area contributed by atoms with Crippen molar-refractivity contribution >= 4 is 23.8 Å². The fraction of sp³-hybridized carbons (Fsp3) is 0.800. The summed E-state index contributed by atoms with van der Waals surface area (Å²) >= 11 is 0. The number of guanidine groups is 1. The monoisotopic (exact) mass is 598 g/mol. The zero-order valence-electron chi connectivity index (χ0n) is 25.8. The predicted octanol–water partition coefficient (Wildman–Crippen LogP) is 3.64. The number of nitrogens with two attached hydrogens (primary N) is 2. The molecule has 1 rings (SSSR count). The van der Waals surface area contributed by atoms with E-state index >= 15 is 0 Å². The minimum atomic E-state index is -1.39. The molecule has 3 unspecified atom stereocenters. The minimum absolute atomic E-state index is 0.0733. The number of esters is 1. The lowest BCUT2D eigenvalue weighted by Crippen LogP contribution is -2.52. The second kappa shape index (κ2) is 21.9. The standard InChI is InChI=1S/C30H54N4O8/c1-4-6-7-8-9-10-11-12-13-14-15-16-17-18-25(37)41-20-23(36)27(40-5-2)28-26(33-21(3)35)22(34-30(31)32)19-24(42-28)29(38)39/h23-24,27-28,36H,4-20H2,1-3H3,(H,33,35)(H,38,39)(H4,31,32,34)/t23?,24-,27?,28?/m0/s1. The first-order chi connectivity index (χ1) is 20.1. The molecule has 1 heterocycles. The van der Waals surface area contributed by atoms with Crippen LogP contribution >= 0.6 is 0 Å². The first-order valence-corrected chi connectivity index (χ1v) is 15.5. The van der Waals surface area contributed by atoms with Crippen LogP contribution in [0.5, 0.6) is 0 Å². The van der Waals surface area contributed by atoms with E-state index in [4.69, 9.17) is 25.7 Å². The van der Waals surface area contributed by atoms with Gasteiger partial charge in [-0.2, -0.15) is 0 Å². The lowest BCUT2D eigenvalue weighted by Gasteiger charge is -2.37. The van der Waals surface area contributed by atoms with Crippen molar-refractivity contribution in [2.75, 3.05) is 13.2 Å². The molecule has 0 fully saturated rings. The molecule has 4 atom stereocenters. The van der Waals surface area contributed by atoms with Crippen LogP contribution in [0.15, 0.2) is 16.4 Å². The third-order valence-electron chi connectivity index (χ3n) is 7.07. The maximum atomic E-state index is 12.3. The zero-order chi connectivity index (χ0) is 31.3. The number of carboxylic acids is 1. The Labute approximate surface area is 250 Å². The summed E-state index contributed by atoms with van der Waals surface area (Å²) in [6.45, 7) is 4.89. The molecular formula is C30H54N4O8. The summed E-state index contributed by atoms with van der Waals surface area (Å²) in [6, 6.07) is 0. The Balaban J connectivity index is 2.57. The lowest BCUT2D eigenvalue weighted by molar-refractivity contribution is -0.173. The van der Waals surface area contributed by atoms with E-state index in [1.807, 2.05) is 0 Å². The number of hydrogen-bond donors (Lipinski definition) is 5. The fourth-order valence-corrected chi connectivity index (χ4v) is 4.95. The molecule has 0 aromatic rings. The minimum Gasteiger partial charge on any atom is -0.479 e. The summed E-state index contributed by atoms with van der Waals surface area (Å²) in [5, 5.41) is 23.1. The summed E-state index contributed by atoms with van der Waals surface area (Å²) in [7, 11) is 0.